The molecule has 20 heavy (non-hydrogen) atoms. The van der Waals surface area contributed by atoms with E-state index in [0.717, 1.165) is 23.1 Å². The molecule has 0 atom stereocenters. The zero-order valence-corrected chi connectivity index (χ0v) is 13.7. The molecule has 0 aromatic heterocycles. The summed E-state index contributed by atoms with van der Waals surface area (Å²) >= 11 is 0. The van der Waals surface area contributed by atoms with Gasteiger partial charge in [-0.15, -0.1) is 0 Å². The lowest BCUT2D eigenvalue weighted by molar-refractivity contribution is 0.539. The van der Waals surface area contributed by atoms with E-state index in [1.807, 2.05) is 45.9 Å². The third kappa shape index (κ3) is 3.12. The van der Waals surface area contributed by atoms with Gasteiger partial charge in [0.25, 0.3) is 10.0 Å². The van der Waals surface area contributed by atoms with Crippen molar-refractivity contribution in [2.24, 2.45) is 0 Å². The molecule has 0 bridgehead atoms. The second-order valence-electron chi connectivity index (χ2n) is 4.97. The van der Waals surface area contributed by atoms with Crippen LogP contribution in [-0.4, -0.2) is 12.7 Å². The minimum atomic E-state index is -3.60. The van der Waals surface area contributed by atoms with Crippen LogP contribution in [0.2, 0.25) is 0 Å². The summed E-state index contributed by atoms with van der Waals surface area (Å²) in [6, 6.07) is 3.78. The SMILES string of the molecule is C=CN(/C(C)=C/CC)S(=O)(=O)c1c(C)cc(C)cc1C. The van der Waals surface area contributed by atoms with E-state index in [1.165, 1.54) is 10.5 Å². The van der Waals surface area contributed by atoms with Crippen molar-refractivity contribution in [1.29, 1.82) is 0 Å². The molecular weight excluding hydrogens is 270 g/mol. The van der Waals surface area contributed by atoms with Crippen LogP contribution in [-0.2, 0) is 10.0 Å². The first kappa shape index (κ1) is 16.5. The second-order valence-corrected chi connectivity index (χ2v) is 6.72. The van der Waals surface area contributed by atoms with Gasteiger partial charge in [0.05, 0.1) is 4.90 Å². The number of hydrogen-bond donors (Lipinski definition) is 0. The highest BCUT2D eigenvalue weighted by Crippen LogP contribution is 2.27. The van der Waals surface area contributed by atoms with E-state index in [1.54, 1.807) is 6.92 Å². The fourth-order valence-corrected chi connectivity index (χ4v) is 4.27. The average molecular weight is 293 g/mol. The number of aryl methyl sites for hydroxylation is 3. The molecular formula is C16H23NO2S. The molecule has 4 heteroatoms. The van der Waals surface area contributed by atoms with Crippen molar-refractivity contribution in [2.45, 2.75) is 45.9 Å². The van der Waals surface area contributed by atoms with Crippen molar-refractivity contribution in [3.8, 4) is 0 Å². The van der Waals surface area contributed by atoms with Gasteiger partial charge in [0, 0.05) is 11.9 Å². The highest BCUT2D eigenvalue weighted by atomic mass is 32.2. The van der Waals surface area contributed by atoms with Crippen LogP contribution in [0.5, 0.6) is 0 Å². The summed E-state index contributed by atoms with van der Waals surface area (Å²) in [7, 11) is -3.60. The standard InChI is InChI=1S/C16H23NO2S/c1-7-9-15(6)17(8-2)20(18,19)16-13(4)10-12(3)11-14(16)5/h8-11H,2,7H2,1,3-6H3/b15-9+. The molecule has 0 N–H and O–H groups in total. The first-order valence-electron chi connectivity index (χ1n) is 6.67. The number of allylic oxidation sites excluding steroid dienone is 2. The smallest absolute Gasteiger partial charge is 0.247 e. The van der Waals surface area contributed by atoms with E-state index < -0.39 is 10.0 Å². The van der Waals surface area contributed by atoms with Gasteiger partial charge in [0.15, 0.2) is 0 Å². The fourth-order valence-electron chi connectivity index (χ4n) is 2.49. The monoisotopic (exact) mass is 293 g/mol. The highest BCUT2D eigenvalue weighted by Gasteiger charge is 2.26. The molecule has 0 saturated heterocycles. The number of hydrogen-bond acceptors (Lipinski definition) is 2. The Kier molecular flexibility index (Phi) is 5.17. The highest BCUT2D eigenvalue weighted by molar-refractivity contribution is 7.89. The molecule has 0 fully saturated rings. The Balaban J connectivity index is 3.51. The predicted octanol–water partition coefficient (Wildman–Crippen LogP) is 4.06. The van der Waals surface area contributed by atoms with E-state index in [2.05, 4.69) is 6.58 Å². The molecule has 0 aliphatic rings. The van der Waals surface area contributed by atoms with Crippen LogP contribution in [0.4, 0.5) is 0 Å². The summed E-state index contributed by atoms with van der Waals surface area (Å²) in [5.74, 6) is 0. The van der Waals surface area contributed by atoms with Gasteiger partial charge in [-0.25, -0.2) is 12.7 Å². The van der Waals surface area contributed by atoms with E-state index in [9.17, 15) is 8.42 Å². The Morgan fingerprint density at radius 1 is 1.25 bits per heavy atom. The summed E-state index contributed by atoms with van der Waals surface area (Å²) in [4.78, 5) is 0.367. The van der Waals surface area contributed by atoms with Crippen molar-refractivity contribution >= 4 is 10.0 Å². The van der Waals surface area contributed by atoms with Crippen LogP contribution < -0.4 is 0 Å². The van der Waals surface area contributed by atoms with E-state index in [0.29, 0.717) is 10.6 Å². The van der Waals surface area contributed by atoms with Crippen molar-refractivity contribution in [3.63, 3.8) is 0 Å². The lowest BCUT2D eigenvalue weighted by Gasteiger charge is -2.23. The lowest BCUT2D eigenvalue weighted by Crippen LogP contribution is -2.25. The molecule has 0 unspecified atom stereocenters. The maximum absolute atomic E-state index is 12.8. The molecule has 110 valence electrons. The number of nitrogens with zero attached hydrogens (tertiary/aromatic N) is 1. The minimum absolute atomic E-state index is 0.367. The first-order valence-corrected chi connectivity index (χ1v) is 8.11. The first-order chi connectivity index (χ1) is 9.25. The minimum Gasteiger partial charge on any atom is -0.247 e. The summed E-state index contributed by atoms with van der Waals surface area (Å²) in [6.07, 6.45) is 4.01. The fraction of sp³-hybridized carbons (Fsp3) is 0.375. The van der Waals surface area contributed by atoms with Gasteiger partial charge in [0.1, 0.15) is 0 Å². The van der Waals surface area contributed by atoms with Crippen LogP contribution >= 0.6 is 0 Å². The molecule has 0 spiro atoms. The van der Waals surface area contributed by atoms with Crippen molar-refractivity contribution < 1.29 is 8.42 Å². The molecule has 0 heterocycles. The molecule has 3 nitrogen and oxygen atoms in total. The second kappa shape index (κ2) is 6.27. The van der Waals surface area contributed by atoms with E-state index in [-0.39, 0.29) is 0 Å². The van der Waals surface area contributed by atoms with Crippen LogP contribution in [0.15, 0.2) is 41.6 Å². The van der Waals surface area contributed by atoms with Crippen molar-refractivity contribution in [3.05, 3.63) is 53.4 Å². The Hall–Kier alpha value is -1.55. The lowest BCUT2D eigenvalue weighted by atomic mass is 10.1. The van der Waals surface area contributed by atoms with E-state index >= 15 is 0 Å². The summed E-state index contributed by atoms with van der Waals surface area (Å²) in [6.45, 7) is 13.0. The van der Waals surface area contributed by atoms with Gasteiger partial charge in [0.2, 0.25) is 0 Å². The molecule has 0 radical (unpaired) electrons. The van der Waals surface area contributed by atoms with Crippen LogP contribution in [0.3, 0.4) is 0 Å². The van der Waals surface area contributed by atoms with Crippen molar-refractivity contribution in [2.75, 3.05) is 0 Å². The summed E-state index contributed by atoms with van der Waals surface area (Å²) in [5.41, 5.74) is 3.25. The normalized spacial score (nSPS) is 12.3. The molecule has 1 rings (SSSR count). The van der Waals surface area contributed by atoms with Gasteiger partial charge < -0.3 is 0 Å². The maximum Gasteiger partial charge on any atom is 0.268 e. The predicted molar refractivity (Wildman–Crippen MR) is 83.9 cm³/mol. The quantitative estimate of drug-likeness (QED) is 0.821. The largest absolute Gasteiger partial charge is 0.268 e. The summed E-state index contributed by atoms with van der Waals surface area (Å²) in [5, 5.41) is 0. The van der Waals surface area contributed by atoms with Crippen LogP contribution in [0.25, 0.3) is 0 Å². The molecule has 1 aromatic carbocycles. The van der Waals surface area contributed by atoms with Gasteiger partial charge >= 0.3 is 0 Å². The van der Waals surface area contributed by atoms with Gasteiger partial charge in [-0.3, -0.25) is 0 Å². The third-order valence-corrected chi connectivity index (χ3v) is 5.25. The van der Waals surface area contributed by atoms with Gasteiger partial charge in [-0.1, -0.05) is 37.3 Å². The Morgan fingerprint density at radius 3 is 2.15 bits per heavy atom. The van der Waals surface area contributed by atoms with E-state index in [4.69, 9.17) is 0 Å². The molecule has 0 amide bonds. The molecule has 0 saturated carbocycles. The Labute approximate surface area is 122 Å². The molecule has 0 aliphatic carbocycles. The average Bonchev–Trinajstić information content (AvgIpc) is 2.27. The summed E-state index contributed by atoms with van der Waals surface area (Å²) < 4.78 is 26.9. The molecule has 1 aromatic rings. The van der Waals surface area contributed by atoms with Gasteiger partial charge in [-0.05, 0) is 45.2 Å². The van der Waals surface area contributed by atoms with Crippen LogP contribution in [0.1, 0.15) is 37.0 Å². The molecule has 0 aliphatic heterocycles. The number of rotatable bonds is 5. The topological polar surface area (TPSA) is 37.4 Å². The zero-order chi connectivity index (χ0) is 15.5. The Morgan fingerprint density at radius 2 is 1.75 bits per heavy atom. The third-order valence-electron chi connectivity index (χ3n) is 3.13. The zero-order valence-electron chi connectivity index (χ0n) is 12.9. The number of sulfonamides is 1. The Bertz CT molecular complexity index is 619. The maximum atomic E-state index is 12.8. The van der Waals surface area contributed by atoms with Gasteiger partial charge in [-0.2, -0.15) is 0 Å². The van der Waals surface area contributed by atoms with Crippen LogP contribution in [0, 0.1) is 20.8 Å². The van der Waals surface area contributed by atoms with Crippen molar-refractivity contribution in [1.82, 2.24) is 4.31 Å². The number of benzene rings is 1.